The van der Waals surface area contributed by atoms with Crippen LogP contribution >= 0.6 is 15.9 Å². The molecule has 0 fully saturated rings. The number of nitro groups is 1. The van der Waals surface area contributed by atoms with E-state index in [-0.39, 0.29) is 15.9 Å². The Bertz CT molecular complexity index is 384. The van der Waals surface area contributed by atoms with Crippen LogP contribution in [0, 0.1) is 17.0 Å². The maximum atomic E-state index is 12.3. The Kier molecular flexibility index (Phi) is 3.10. The zero-order chi connectivity index (χ0) is 10.9. The van der Waals surface area contributed by atoms with Crippen LogP contribution in [0.5, 0.6) is 0 Å². The minimum atomic E-state index is -2.75. The van der Waals surface area contributed by atoms with Gasteiger partial charge in [0.2, 0.25) is 0 Å². The highest BCUT2D eigenvalue weighted by molar-refractivity contribution is 9.10. The van der Waals surface area contributed by atoms with Crippen molar-refractivity contribution in [1.29, 1.82) is 0 Å². The number of hydrogen-bond acceptors (Lipinski definition) is 3. The molecule has 14 heavy (non-hydrogen) atoms. The second-order valence-corrected chi connectivity index (χ2v) is 3.37. The lowest BCUT2D eigenvalue weighted by atomic mass is 10.3. The Morgan fingerprint density at radius 1 is 1.64 bits per heavy atom. The molecule has 0 aromatic carbocycles. The second kappa shape index (κ2) is 3.95. The predicted molar refractivity (Wildman–Crippen MR) is 48.3 cm³/mol. The van der Waals surface area contributed by atoms with Gasteiger partial charge in [-0.2, -0.15) is 0 Å². The number of halogens is 3. The molecule has 0 aliphatic rings. The average molecular weight is 267 g/mol. The first-order chi connectivity index (χ1) is 6.43. The normalized spacial score (nSPS) is 10.6. The summed E-state index contributed by atoms with van der Waals surface area (Å²) in [6.45, 7) is 1.32. The molecule has 7 heteroatoms. The van der Waals surface area contributed by atoms with E-state index in [4.69, 9.17) is 0 Å². The molecule has 1 heterocycles. The molecule has 0 atom stereocenters. The molecule has 0 saturated heterocycles. The maximum absolute atomic E-state index is 12.3. The first-order valence-electron chi connectivity index (χ1n) is 3.53. The molecular formula is C7H5BrF2N2O2. The van der Waals surface area contributed by atoms with Gasteiger partial charge in [-0.3, -0.25) is 10.1 Å². The van der Waals surface area contributed by atoms with Crippen molar-refractivity contribution in [3.63, 3.8) is 0 Å². The van der Waals surface area contributed by atoms with Gasteiger partial charge in [0.1, 0.15) is 11.4 Å². The fourth-order valence-corrected chi connectivity index (χ4v) is 1.41. The fourth-order valence-electron chi connectivity index (χ4n) is 0.928. The van der Waals surface area contributed by atoms with Crippen molar-refractivity contribution in [3.05, 3.63) is 32.0 Å². The summed E-state index contributed by atoms with van der Waals surface area (Å²) >= 11 is 2.80. The summed E-state index contributed by atoms with van der Waals surface area (Å²) in [4.78, 5) is 13.2. The van der Waals surface area contributed by atoms with Crippen LogP contribution < -0.4 is 0 Å². The van der Waals surface area contributed by atoms with E-state index in [2.05, 4.69) is 20.9 Å². The number of hydrogen-bond donors (Lipinski definition) is 0. The Balaban J connectivity index is 3.31. The van der Waals surface area contributed by atoms with Crippen LogP contribution in [0.15, 0.2) is 10.5 Å². The van der Waals surface area contributed by atoms with Gasteiger partial charge in [-0.1, -0.05) is 0 Å². The van der Waals surface area contributed by atoms with Crippen LogP contribution in [-0.4, -0.2) is 9.91 Å². The zero-order valence-corrected chi connectivity index (χ0v) is 8.59. The number of aryl methyl sites for hydroxylation is 1. The molecule has 76 valence electrons. The van der Waals surface area contributed by atoms with Crippen LogP contribution in [0.2, 0.25) is 0 Å². The molecule has 1 aromatic rings. The molecule has 0 radical (unpaired) electrons. The van der Waals surface area contributed by atoms with Gasteiger partial charge in [0.25, 0.3) is 12.1 Å². The van der Waals surface area contributed by atoms with Gasteiger partial charge in [0.15, 0.2) is 0 Å². The van der Waals surface area contributed by atoms with Crippen LogP contribution in [0.3, 0.4) is 0 Å². The standard InChI is InChI=1S/C7H5BrF2N2O2/c1-3-5(12(13)14)2-4(8)6(11-3)7(9)10/h2,7H,1H3. The van der Waals surface area contributed by atoms with Crippen LogP contribution in [-0.2, 0) is 0 Å². The third kappa shape index (κ3) is 2.03. The Hall–Kier alpha value is -1.11. The van der Waals surface area contributed by atoms with Gasteiger partial charge in [-0.05, 0) is 22.9 Å². The van der Waals surface area contributed by atoms with E-state index < -0.39 is 17.0 Å². The molecule has 0 bridgehead atoms. The summed E-state index contributed by atoms with van der Waals surface area (Å²) in [7, 11) is 0. The van der Waals surface area contributed by atoms with Gasteiger partial charge >= 0.3 is 0 Å². The van der Waals surface area contributed by atoms with E-state index in [0.717, 1.165) is 6.07 Å². The summed E-state index contributed by atoms with van der Waals surface area (Å²) in [5, 5.41) is 10.4. The first-order valence-corrected chi connectivity index (χ1v) is 4.32. The van der Waals surface area contributed by atoms with Gasteiger partial charge in [-0.25, -0.2) is 13.8 Å². The summed E-state index contributed by atoms with van der Waals surface area (Å²) in [5.74, 6) is 0. The highest BCUT2D eigenvalue weighted by Crippen LogP contribution is 2.30. The predicted octanol–water partition coefficient (Wildman–Crippen LogP) is 3.00. The first kappa shape index (κ1) is 11.0. The lowest BCUT2D eigenvalue weighted by Crippen LogP contribution is -1.99. The molecular weight excluding hydrogens is 262 g/mol. The monoisotopic (exact) mass is 266 g/mol. The molecule has 0 spiro atoms. The van der Waals surface area contributed by atoms with Gasteiger partial charge in [0, 0.05) is 6.07 Å². The van der Waals surface area contributed by atoms with E-state index in [1.807, 2.05) is 0 Å². The van der Waals surface area contributed by atoms with E-state index in [0.29, 0.717) is 0 Å². The van der Waals surface area contributed by atoms with Gasteiger partial charge in [0.05, 0.1) is 9.40 Å². The lowest BCUT2D eigenvalue weighted by molar-refractivity contribution is -0.385. The molecule has 4 nitrogen and oxygen atoms in total. The Morgan fingerprint density at radius 2 is 2.21 bits per heavy atom. The van der Waals surface area contributed by atoms with Gasteiger partial charge < -0.3 is 0 Å². The van der Waals surface area contributed by atoms with Gasteiger partial charge in [-0.15, -0.1) is 0 Å². The lowest BCUT2D eigenvalue weighted by Gasteiger charge is -2.03. The van der Waals surface area contributed by atoms with E-state index in [1.165, 1.54) is 6.92 Å². The third-order valence-electron chi connectivity index (χ3n) is 1.57. The topological polar surface area (TPSA) is 56.0 Å². The zero-order valence-electron chi connectivity index (χ0n) is 7.00. The van der Waals surface area contributed by atoms with Crippen molar-refractivity contribution in [2.75, 3.05) is 0 Å². The van der Waals surface area contributed by atoms with Crippen molar-refractivity contribution in [3.8, 4) is 0 Å². The van der Waals surface area contributed by atoms with E-state index in [9.17, 15) is 18.9 Å². The molecule has 0 aliphatic carbocycles. The fraction of sp³-hybridized carbons (Fsp3) is 0.286. The quantitative estimate of drug-likeness (QED) is 0.611. The van der Waals surface area contributed by atoms with Crippen molar-refractivity contribution in [1.82, 2.24) is 4.98 Å². The average Bonchev–Trinajstić information content (AvgIpc) is 2.07. The molecule has 1 rings (SSSR count). The minimum absolute atomic E-state index is 0.0199. The molecule has 0 amide bonds. The highest BCUT2D eigenvalue weighted by atomic mass is 79.9. The van der Waals surface area contributed by atoms with Crippen LogP contribution in [0.25, 0.3) is 0 Å². The number of nitrogens with zero attached hydrogens (tertiary/aromatic N) is 2. The summed E-state index contributed by atoms with van der Waals surface area (Å²) in [5.41, 5.74) is -0.775. The molecule has 0 saturated carbocycles. The largest absolute Gasteiger partial charge is 0.291 e. The van der Waals surface area contributed by atoms with Crippen molar-refractivity contribution in [2.45, 2.75) is 13.3 Å². The Labute approximate surface area is 86.2 Å². The number of aromatic nitrogens is 1. The maximum Gasteiger partial charge on any atom is 0.291 e. The summed E-state index contributed by atoms with van der Waals surface area (Å²) < 4.78 is 24.5. The SMILES string of the molecule is Cc1nc(C(F)F)c(Br)cc1[N+](=O)[O-]. The third-order valence-corrected chi connectivity index (χ3v) is 2.21. The smallest absolute Gasteiger partial charge is 0.258 e. The minimum Gasteiger partial charge on any atom is -0.258 e. The Morgan fingerprint density at radius 3 is 2.64 bits per heavy atom. The van der Waals surface area contributed by atoms with Crippen molar-refractivity contribution < 1.29 is 13.7 Å². The number of rotatable bonds is 2. The van der Waals surface area contributed by atoms with Crippen molar-refractivity contribution in [2.24, 2.45) is 0 Å². The van der Waals surface area contributed by atoms with Crippen LogP contribution in [0.1, 0.15) is 17.8 Å². The molecule has 0 unspecified atom stereocenters. The number of alkyl halides is 2. The summed E-state index contributed by atoms with van der Waals surface area (Å²) in [6, 6.07) is 1.03. The highest BCUT2D eigenvalue weighted by Gasteiger charge is 2.20. The molecule has 0 aliphatic heterocycles. The van der Waals surface area contributed by atoms with Crippen molar-refractivity contribution >= 4 is 21.6 Å². The van der Waals surface area contributed by atoms with Crippen LogP contribution in [0.4, 0.5) is 14.5 Å². The van der Waals surface area contributed by atoms with E-state index >= 15 is 0 Å². The second-order valence-electron chi connectivity index (χ2n) is 2.52. The molecule has 1 aromatic heterocycles. The summed E-state index contributed by atoms with van der Waals surface area (Å²) in [6.07, 6.45) is -2.75. The number of pyridine rings is 1. The van der Waals surface area contributed by atoms with E-state index in [1.54, 1.807) is 0 Å². The molecule has 0 N–H and O–H groups in total.